The Bertz CT molecular complexity index is 345. The van der Waals surface area contributed by atoms with E-state index < -0.39 is 0 Å². The quantitative estimate of drug-likeness (QED) is 0.834. The standard InChI is InChI=1S/C14H20N2/c15-12-9-14(16(10-12)13-6-7-13)8-11-4-2-1-3-5-11/h1-5,12-14H,6-10,15H2. The zero-order valence-electron chi connectivity index (χ0n) is 9.68. The second-order valence-electron chi connectivity index (χ2n) is 5.27. The van der Waals surface area contributed by atoms with Crippen LogP contribution in [0.3, 0.4) is 0 Å². The second-order valence-corrected chi connectivity index (χ2v) is 5.27. The molecule has 2 nitrogen and oxygen atoms in total. The minimum absolute atomic E-state index is 0.398. The summed E-state index contributed by atoms with van der Waals surface area (Å²) in [5.41, 5.74) is 7.54. The van der Waals surface area contributed by atoms with Crippen LogP contribution in [0.15, 0.2) is 30.3 Å². The van der Waals surface area contributed by atoms with Crippen LogP contribution < -0.4 is 5.73 Å². The zero-order chi connectivity index (χ0) is 11.0. The average Bonchev–Trinajstić information content (AvgIpc) is 3.06. The van der Waals surface area contributed by atoms with Gasteiger partial charge in [-0.25, -0.2) is 0 Å². The van der Waals surface area contributed by atoms with E-state index in [1.807, 2.05) is 0 Å². The molecule has 2 unspecified atom stereocenters. The summed E-state index contributed by atoms with van der Waals surface area (Å²) in [7, 11) is 0. The molecule has 1 saturated carbocycles. The number of nitrogens with zero attached hydrogens (tertiary/aromatic N) is 1. The van der Waals surface area contributed by atoms with Crippen molar-refractivity contribution in [2.75, 3.05) is 6.54 Å². The molecule has 2 N–H and O–H groups in total. The average molecular weight is 216 g/mol. The third kappa shape index (κ3) is 2.13. The Labute approximate surface area is 97.4 Å². The van der Waals surface area contributed by atoms with Crippen molar-refractivity contribution in [1.82, 2.24) is 4.90 Å². The van der Waals surface area contributed by atoms with Gasteiger partial charge in [0, 0.05) is 24.7 Å². The van der Waals surface area contributed by atoms with E-state index >= 15 is 0 Å². The molecule has 1 aromatic carbocycles. The minimum Gasteiger partial charge on any atom is -0.326 e. The lowest BCUT2D eigenvalue weighted by Crippen LogP contribution is -2.33. The molecule has 2 atom stereocenters. The molecule has 86 valence electrons. The van der Waals surface area contributed by atoms with Crippen molar-refractivity contribution in [2.24, 2.45) is 5.73 Å². The van der Waals surface area contributed by atoms with Crippen LogP contribution in [0.1, 0.15) is 24.8 Å². The van der Waals surface area contributed by atoms with E-state index in [-0.39, 0.29) is 0 Å². The topological polar surface area (TPSA) is 29.3 Å². The van der Waals surface area contributed by atoms with E-state index in [1.54, 1.807) is 0 Å². The van der Waals surface area contributed by atoms with Gasteiger partial charge in [-0.05, 0) is 31.2 Å². The summed E-state index contributed by atoms with van der Waals surface area (Å²) in [6.07, 6.45) is 5.12. The summed E-state index contributed by atoms with van der Waals surface area (Å²) in [5, 5.41) is 0. The van der Waals surface area contributed by atoms with E-state index in [1.165, 1.54) is 31.2 Å². The van der Waals surface area contributed by atoms with Crippen LogP contribution in [-0.2, 0) is 6.42 Å². The smallest absolute Gasteiger partial charge is 0.0183 e. The Morgan fingerprint density at radius 1 is 1.19 bits per heavy atom. The minimum atomic E-state index is 0.398. The SMILES string of the molecule is NC1CC(Cc2ccccc2)N(C2CC2)C1. The van der Waals surface area contributed by atoms with E-state index in [4.69, 9.17) is 5.73 Å². The number of likely N-dealkylation sites (tertiary alicyclic amines) is 1. The summed E-state index contributed by atoms with van der Waals surface area (Å²) < 4.78 is 0. The maximum absolute atomic E-state index is 6.09. The van der Waals surface area contributed by atoms with Crippen molar-refractivity contribution >= 4 is 0 Å². The van der Waals surface area contributed by atoms with Gasteiger partial charge < -0.3 is 5.73 Å². The number of benzene rings is 1. The van der Waals surface area contributed by atoms with Crippen LogP contribution in [0.5, 0.6) is 0 Å². The van der Waals surface area contributed by atoms with Crippen molar-refractivity contribution in [2.45, 2.75) is 43.8 Å². The largest absolute Gasteiger partial charge is 0.326 e. The number of hydrogen-bond acceptors (Lipinski definition) is 2. The van der Waals surface area contributed by atoms with Crippen LogP contribution in [0.25, 0.3) is 0 Å². The Balaban J connectivity index is 1.69. The molecule has 0 spiro atoms. The van der Waals surface area contributed by atoms with E-state index in [0.717, 1.165) is 12.6 Å². The van der Waals surface area contributed by atoms with Crippen molar-refractivity contribution in [3.8, 4) is 0 Å². The fraction of sp³-hybridized carbons (Fsp3) is 0.571. The Kier molecular flexibility index (Phi) is 2.70. The van der Waals surface area contributed by atoms with E-state index in [9.17, 15) is 0 Å². The monoisotopic (exact) mass is 216 g/mol. The van der Waals surface area contributed by atoms with Gasteiger partial charge in [0.15, 0.2) is 0 Å². The Hall–Kier alpha value is -0.860. The molecule has 0 aromatic heterocycles. The third-order valence-corrected chi connectivity index (χ3v) is 3.82. The maximum Gasteiger partial charge on any atom is 0.0183 e. The third-order valence-electron chi connectivity index (χ3n) is 3.82. The molecule has 1 heterocycles. The van der Waals surface area contributed by atoms with Crippen LogP contribution >= 0.6 is 0 Å². The lowest BCUT2D eigenvalue weighted by molar-refractivity contribution is 0.241. The lowest BCUT2D eigenvalue weighted by Gasteiger charge is -2.23. The lowest BCUT2D eigenvalue weighted by atomic mass is 10.0. The van der Waals surface area contributed by atoms with Crippen LogP contribution in [0.4, 0.5) is 0 Å². The van der Waals surface area contributed by atoms with Crippen LogP contribution in [0, 0.1) is 0 Å². The number of nitrogens with two attached hydrogens (primary N) is 1. The Morgan fingerprint density at radius 2 is 1.94 bits per heavy atom. The highest BCUT2D eigenvalue weighted by Crippen LogP contribution is 2.34. The van der Waals surface area contributed by atoms with Gasteiger partial charge in [0.1, 0.15) is 0 Å². The van der Waals surface area contributed by atoms with Crippen molar-refractivity contribution in [3.05, 3.63) is 35.9 Å². The van der Waals surface area contributed by atoms with Gasteiger partial charge in [-0.1, -0.05) is 30.3 Å². The molecule has 1 saturated heterocycles. The molecule has 0 radical (unpaired) electrons. The first-order chi connectivity index (χ1) is 7.83. The molecular formula is C14H20N2. The highest BCUT2D eigenvalue weighted by Gasteiger charge is 2.39. The fourth-order valence-electron chi connectivity index (χ4n) is 2.92. The molecule has 1 aliphatic heterocycles. The fourth-order valence-corrected chi connectivity index (χ4v) is 2.92. The Morgan fingerprint density at radius 3 is 2.62 bits per heavy atom. The summed E-state index contributed by atoms with van der Waals surface area (Å²) in [5.74, 6) is 0. The van der Waals surface area contributed by atoms with Crippen molar-refractivity contribution in [1.29, 1.82) is 0 Å². The first kappa shape index (κ1) is 10.3. The molecule has 1 aromatic rings. The highest BCUT2D eigenvalue weighted by atomic mass is 15.2. The molecular weight excluding hydrogens is 196 g/mol. The van der Waals surface area contributed by atoms with Crippen LogP contribution in [-0.4, -0.2) is 29.6 Å². The molecule has 2 heteroatoms. The van der Waals surface area contributed by atoms with Gasteiger partial charge >= 0.3 is 0 Å². The maximum atomic E-state index is 6.09. The van der Waals surface area contributed by atoms with Gasteiger partial charge in [-0.15, -0.1) is 0 Å². The molecule has 16 heavy (non-hydrogen) atoms. The normalized spacial score (nSPS) is 30.8. The second kappa shape index (κ2) is 4.19. The van der Waals surface area contributed by atoms with Gasteiger partial charge in [0.05, 0.1) is 0 Å². The van der Waals surface area contributed by atoms with Crippen LogP contribution in [0.2, 0.25) is 0 Å². The van der Waals surface area contributed by atoms with Gasteiger partial charge in [-0.2, -0.15) is 0 Å². The molecule has 1 aliphatic carbocycles. The number of hydrogen-bond donors (Lipinski definition) is 1. The predicted molar refractivity (Wildman–Crippen MR) is 66.3 cm³/mol. The van der Waals surface area contributed by atoms with Crippen molar-refractivity contribution in [3.63, 3.8) is 0 Å². The zero-order valence-corrected chi connectivity index (χ0v) is 9.68. The van der Waals surface area contributed by atoms with Gasteiger partial charge in [0.25, 0.3) is 0 Å². The molecule has 0 amide bonds. The van der Waals surface area contributed by atoms with Gasteiger partial charge in [-0.3, -0.25) is 4.90 Å². The van der Waals surface area contributed by atoms with E-state index in [2.05, 4.69) is 35.2 Å². The summed E-state index contributed by atoms with van der Waals surface area (Å²) in [4.78, 5) is 2.65. The van der Waals surface area contributed by atoms with Crippen molar-refractivity contribution < 1.29 is 0 Å². The number of rotatable bonds is 3. The van der Waals surface area contributed by atoms with Gasteiger partial charge in [0.2, 0.25) is 0 Å². The summed E-state index contributed by atoms with van der Waals surface area (Å²) in [6.45, 7) is 1.11. The first-order valence-corrected chi connectivity index (χ1v) is 6.38. The van der Waals surface area contributed by atoms with E-state index in [0.29, 0.717) is 12.1 Å². The molecule has 0 bridgehead atoms. The molecule has 2 aliphatic rings. The highest BCUT2D eigenvalue weighted by molar-refractivity contribution is 5.17. The molecule has 3 rings (SSSR count). The summed E-state index contributed by atoms with van der Waals surface area (Å²) in [6, 6.07) is 12.7. The molecule has 2 fully saturated rings. The summed E-state index contributed by atoms with van der Waals surface area (Å²) >= 11 is 0. The predicted octanol–water partition coefficient (Wildman–Crippen LogP) is 1.79. The first-order valence-electron chi connectivity index (χ1n) is 6.38.